The molecule has 164 valence electrons. The van der Waals surface area contributed by atoms with Gasteiger partial charge in [-0.15, -0.1) is 12.6 Å². The number of ether oxygens (including phenoxy) is 3. The molecule has 6 nitrogen and oxygen atoms in total. The molecule has 0 saturated carbocycles. The molecule has 0 aromatic heterocycles. The van der Waals surface area contributed by atoms with Crippen molar-refractivity contribution in [1.29, 1.82) is 0 Å². The molecule has 2 saturated heterocycles. The first-order valence-corrected chi connectivity index (χ1v) is 11.0. The summed E-state index contributed by atoms with van der Waals surface area (Å²) in [6, 6.07) is -0.344. The van der Waals surface area contributed by atoms with Crippen LogP contribution in [0.1, 0.15) is 61.3 Å². The second kappa shape index (κ2) is 12.0. The van der Waals surface area contributed by atoms with Gasteiger partial charge in [0.05, 0.1) is 24.4 Å². The van der Waals surface area contributed by atoms with Crippen LogP contribution in [0.2, 0.25) is 0 Å². The summed E-state index contributed by atoms with van der Waals surface area (Å²) in [7, 11) is 0. The van der Waals surface area contributed by atoms with Gasteiger partial charge < -0.3 is 14.2 Å². The molecule has 0 radical (unpaired) electrons. The first kappa shape index (κ1) is 26.8. The molecule has 2 heterocycles. The Balaban J connectivity index is 0.00000392. The molecule has 0 aliphatic carbocycles. The Morgan fingerprint density at radius 1 is 1.07 bits per heavy atom. The van der Waals surface area contributed by atoms with E-state index in [1.807, 2.05) is 0 Å². The van der Waals surface area contributed by atoms with Crippen LogP contribution >= 0.6 is 12.6 Å². The molecular formula is C20H37ArN3O3S. The predicted molar refractivity (Wildman–Crippen MR) is 111 cm³/mol. The van der Waals surface area contributed by atoms with Gasteiger partial charge in [-0.25, -0.2) is 0 Å². The average molecular weight is 440 g/mol. The molecule has 11 atom stereocenters. The van der Waals surface area contributed by atoms with Crippen molar-refractivity contribution in [1.82, 2.24) is 0 Å². The number of hydrogen-bond donors (Lipinski definition) is 1. The smallest absolute Gasteiger partial charge is 0.167 e. The maximum atomic E-state index is 9.05. The minimum Gasteiger partial charge on any atom is -0.361 e. The van der Waals surface area contributed by atoms with Crippen molar-refractivity contribution in [2.75, 3.05) is 0 Å². The van der Waals surface area contributed by atoms with E-state index in [2.05, 4.69) is 58.5 Å². The fraction of sp³-hybridized carbons (Fsp3) is 1.00. The van der Waals surface area contributed by atoms with E-state index in [9.17, 15) is 0 Å². The first-order chi connectivity index (χ1) is 12.8. The fourth-order valence-corrected chi connectivity index (χ4v) is 5.01. The molecule has 2 fully saturated rings. The molecule has 28 heavy (non-hydrogen) atoms. The summed E-state index contributed by atoms with van der Waals surface area (Å²) < 4.78 is 18.9. The molecule has 2 rings (SSSR count). The number of hydrogen-bond acceptors (Lipinski definition) is 5. The van der Waals surface area contributed by atoms with Gasteiger partial charge in [0.2, 0.25) is 0 Å². The van der Waals surface area contributed by atoms with E-state index in [1.54, 1.807) is 0 Å². The zero-order chi connectivity index (χ0) is 20.3. The molecule has 6 unspecified atom stereocenters. The van der Waals surface area contributed by atoms with Crippen molar-refractivity contribution in [3.05, 3.63) is 10.4 Å². The van der Waals surface area contributed by atoms with Gasteiger partial charge in [0.1, 0.15) is 5.44 Å². The topological polar surface area (TPSA) is 76.5 Å². The van der Waals surface area contributed by atoms with E-state index in [1.165, 1.54) is 0 Å². The second-order valence-corrected chi connectivity index (χ2v) is 9.07. The van der Waals surface area contributed by atoms with E-state index < -0.39 is 6.29 Å². The van der Waals surface area contributed by atoms with E-state index in [0.717, 1.165) is 12.8 Å². The Morgan fingerprint density at radius 3 is 2.25 bits per heavy atom. The SMILES string of the molecule is CCC1O[C@H](OC2C(S)OC([C@@H](C)CC)[C@@H](C)[C@@H]2C)C(N=[N+]=[N-])C(C)[C@@H]1C.[Ar]. The van der Waals surface area contributed by atoms with Gasteiger partial charge in [-0.05, 0) is 41.5 Å². The molecule has 8 heteroatoms. The largest absolute Gasteiger partial charge is 0.361 e. The van der Waals surface area contributed by atoms with Crippen molar-refractivity contribution in [3.8, 4) is 0 Å². The summed E-state index contributed by atoms with van der Waals surface area (Å²) in [5.41, 5.74) is 8.73. The van der Waals surface area contributed by atoms with Crippen molar-refractivity contribution >= 4 is 12.6 Å². The van der Waals surface area contributed by atoms with Crippen LogP contribution in [-0.4, -0.2) is 36.1 Å². The first-order valence-electron chi connectivity index (χ1n) is 10.4. The molecular weight excluding hydrogens is 402 g/mol. The minimum absolute atomic E-state index is 0. The van der Waals surface area contributed by atoms with Crippen LogP contribution in [0.4, 0.5) is 0 Å². The molecule has 0 N–H and O–H groups in total. The van der Waals surface area contributed by atoms with Crippen molar-refractivity contribution < 1.29 is 51.9 Å². The number of nitrogens with zero attached hydrogens (tertiary/aromatic N) is 3. The molecule has 0 spiro atoms. The van der Waals surface area contributed by atoms with E-state index in [0.29, 0.717) is 17.8 Å². The molecule has 0 bridgehead atoms. The van der Waals surface area contributed by atoms with Crippen LogP contribution in [0, 0.1) is 67.3 Å². The summed E-state index contributed by atoms with van der Waals surface area (Å²) in [6.07, 6.45) is 1.49. The molecule has 0 amide bonds. The summed E-state index contributed by atoms with van der Waals surface area (Å²) in [6.45, 7) is 15.2. The number of rotatable bonds is 6. The summed E-state index contributed by atoms with van der Waals surface area (Å²) in [5, 5.41) is 4.02. The Hall–Kier alpha value is 0.800. The average Bonchev–Trinajstić information content (AvgIpc) is 2.66. The molecule has 0 aromatic rings. The van der Waals surface area contributed by atoms with Gasteiger partial charge in [0.15, 0.2) is 6.29 Å². The second-order valence-electron chi connectivity index (χ2n) is 8.56. The Morgan fingerprint density at radius 2 is 1.71 bits per heavy atom. The van der Waals surface area contributed by atoms with Crippen LogP contribution in [0.3, 0.4) is 0 Å². The Labute approximate surface area is 205 Å². The van der Waals surface area contributed by atoms with Gasteiger partial charge in [0.25, 0.3) is 0 Å². The van der Waals surface area contributed by atoms with Crippen LogP contribution < -0.4 is 0 Å². The Bertz CT molecular complexity index is 537. The third-order valence-corrected chi connectivity index (χ3v) is 7.48. The van der Waals surface area contributed by atoms with Gasteiger partial charge in [-0.1, -0.05) is 60.0 Å². The van der Waals surface area contributed by atoms with Gasteiger partial charge in [0, 0.05) is 42.6 Å². The van der Waals surface area contributed by atoms with Crippen LogP contribution in [0.15, 0.2) is 5.11 Å². The number of thiol groups is 1. The van der Waals surface area contributed by atoms with E-state index in [-0.39, 0.29) is 79.4 Å². The predicted octanol–water partition coefficient (Wildman–Crippen LogP) is 5.43. The Kier molecular flexibility index (Phi) is 11.5. The quantitative estimate of drug-likeness (QED) is 0.259. The summed E-state index contributed by atoms with van der Waals surface area (Å²) in [5.74, 6) is 1.60. The zero-order valence-electron chi connectivity index (χ0n) is 18.1. The van der Waals surface area contributed by atoms with Crippen molar-refractivity contribution in [3.63, 3.8) is 0 Å². The third-order valence-electron chi connectivity index (χ3n) is 7.07. The van der Waals surface area contributed by atoms with Crippen LogP contribution in [0.5, 0.6) is 0 Å². The standard InChI is InChI=1S/C20H37N3O3S.Ar/c1-8-10(3)17-13(6)14(7)18(20(27)26-17)25-19-16(22-23-21)12(5)11(4)15(9-2)24-19;/h10-20,27H,8-9H2,1-7H3;/t10-,11-,12?,13-,14-,15?,16?,17?,18?,19+,20?;/m0./s1. The molecule has 0 aromatic carbocycles. The van der Waals surface area contributed by atoms with Crippen molar-refractivity contribution in [2.24, 2.45) is 34.7 Å². The molecule has 2 aliphatic rings. The van der Waals surface area contributed by atoms with Crippen LogP contribution in [0.25, 0.3) is 10.4 Å². The van der Waals surface area contributed by atoms with Crippen LogP contribution in [-0.2, 0) is 14.2 Å². The van der Waals surface area contributed by atoms with Gasteiger partial charge in [-0.3, -0.25) is 0 Å². The third kappa shape index (κ3) is 5.73. The van der Waals surface area contributed by atoms with E-state index >= 15 is 0 Å². The zero-order valence-corrected chi connectivity index (χ0v) is 19.7. The van der Waals surface area contributed by atoms with E-state index in [4.69, 9.17) is 32.4 Å². The molecule has 2 aliphatic heterocycles. The maximum absolute atomic E-state index is 9.05. The normalized spacial score (nSPS) is 44.9. The monoisotopic (exact) mass is 439 g/mol. The summed E-state index contributed by atoms with van der Waals surface area (Å²) >= 11 is 4.71. The van der Waals surface area contributed by atoms with Gasteiger partial charge >= 0.3 is 0 Å². The fourth-order valence-electron chi connectivity index (χ4n) is 4.53. The number of azide groups is 1. The van der Waals surface area contributed by atoms with Gasteiger partial charge in [-0.2, -0.15) is 0 Å². The summed E-state index contributed by atoms with van der Waals surface area (Å²) in [4.78, 5) is 3.05. The van der Waals surface area contributed by atoms with Crippen molar-refractivity contribution in [2.45, 2.75) is 97.4 Å². The minimum atomic E-state index is -0.560. The maximum Gasteiger partial charge on any atom is 0.167 e.